The molecule has 12 heavy (non-hydrogen) atoms. The van der Waals surface area contributed by atoms with Crippen molar-refractivity contribution in [2.45, 2.75) is 6.92 Å². The van der Waals surface area contributed by atoms with Gasteiger partial charge in [-0.25, -0.2) is 9.90 Å². The number of carbonyl (C=O) groups is 1. The van der Waals surface area contributed by atoms with Crippen LogP contribution in [0.5, 0.6) is 5.75 Å². The number of carbonyl (C=O) groups excluding carboxylic acids is 1. The van der Waals surface area contributed by atoms with Gasteiger partial charge in [-0.1, -0.05) is 18.2 Å². The molecule has 0 atom stereocenters. The van der Waals surface area contributed by atoms with Crippen LogP contribution in [0.3, 0.4) is 0 Å². The first kappa shape index (κ1) is 8.59. The first-order valence-electron chi connectivity index (χ1n) is 3.58. The van der Waals surface area contributed by atoms with Crippen LogP contribution in [0.1, 0.15) is 5.56 Å². The molecule has 0 unspecified atom stereocenters. The van der Waals surface area contributed by atoms with Crippen molar-refractivity contribution in [3.05, 3.63) is 29.8 Å². The van der Waals surface area contributed by atoms with E-state index in [4.69, 9.17) is 4.74 Å². The van der Waals surface area contributed by atoms with Gasteiger partial charge in [-0.05, 0) is 18.6 Å². The summed E-state index contributed by atoms with van der Waals surface area (Å²) in [5, 5.41) is 10.0. The molecular formula is C9H9O3. The molecule has 0 aliphatic rings. The summed E-state index contributed by atoms with van der Waals surface area (Å²) in [4.78, 5) is 10.0. The van der Waals surface area contributed by atoms with Gasteiger partial charge in [-0.2, -0.15) is 0 Å². The first-order valence-corrected chi connectivity index (χ1v) is 3.58. The molecule has 3 nitrogen and oxygen atoms in total. The molecule has 0 aromatic heterocycles. The molecule has 1 aromatic carbocycles. The Bertz CT molecular complexity index is 281. The van der Waals surface area contributed by atoms with Crippen LogP contribution in [0.2, 0.25) is 0 Å². The minimum atomic E-state index is -1.21. The summed E-state index contributed by atoms with van der Waals surface area (Å²) in [6.07, 6.45) is 0. The van der Waals surface area contributed by atoms with Gasteiger partial charge in [-0.15, -0.1) is 0 Å². The van der Waals surface area contributed by atoms with Crippen molar-refractivity contribution in [1.82, 2.24) is 0 Å². The van der Waals surface area contributed by atoms with E-state index in [0.29, 0.717) is 5.75 Å². The zero-order valence-electron chi connectivity index (χ0n) is 6.74. The Morgan fingerprint density at radius 3 is 2.67 bits per heavy atom. The Kier molecular flexibility index (Phi) is 2.69. The molecular weight excluding hydrogens is 156 g/mol. The number of hydrogen-bond donors (Lipinski definition) is 0. The van der Waals surface area contributed by atoms with E-state index in [0.717, 1.165) is 5.56 Å². The molecule has 1 radical (unpaired) electrons. The van der Waals surface area contributed by atoms with E-state index in [2.05, 4.69) is 0 Å². The molecule has 3 heteroatoms. The highest BCUT2D eigenvalue weighted by Gasteiger charge is 2.02. The van der Waals surface area contributed by atoms with Crippen LogP contribution in [0, 0.1) is 6.92 Å². The van der Waals surface area contributed by atoms with E-state index in [1.807, 2.05) is 19.1 Å². The molecule has 0 saturated carbocycles. The highest BCUT2D eigenvalue weighted by molar-refractivity contribution is 5.68. The van der Waals surface area contributed by atoms with E-state index < -0.39 is 12.6 Å². The molecule has 0 aliphatic heterocycles. The molecule has 1 rings (SSSR count). The lowest BCUT2D eigenvalue weighted by Crippen LogP contribution is -2.08. The minimum Gasteiger partial charge on any atom is -0.481 e. The lowest BCUT2D eigenvalue weighted by Gasteiger charge is -2.04. The topological polar surface area (TPSA) is 46.2 Å². The van der Waals surface area contributed by atoms with Gasteiger partial charge in [0.2, 0.25) is 0 Å². The number of ether oxygens (including phenoxy) is 1. The Labute approximate surface area is 70.6 Å². The third-order valence-corrected chi connectivity index (χ3v) is 1.44. The van der Waals surface area contributed by atoms with Crippen molar-refractivity contribution >= 4 is 5.97 Å². The average Bonchev–Trinajstić information content (AvgIpc) is 2.03. The van der Waals surface area contributed by atoms with Crippen LogP contribution in [0.4, 0.5) is 0 Å². The van der Waals surface area contributed by atoms with E-state index in [-0.39, 0.29) is 0 Å². The zero-order chi connectivity index (χ0) is 8.97. The van der Waals surface area contributed by atoms with Crippen LogP contribution in [0.15, 0.2) is 24.3 Å². The van der Waals surface area contributed by atoms with Crippen molar-refractivity contribution in [3.63, 3.8) is 0 Å². The van der Waals surface area contributed by atoms with Crippen LogP contribution >= 0.6 is 0 Å². The normalized spacial score (nSPS) is 9.42. The van der Waals surface area contributed by atoms with Crippen molar-refractivity contribution in [3.8, 4) is 5.75 Å². The molecule has 0 aliphatic carbocycles. The Hall–Kier alpha value is -1.51. The molecule has 0 N–H and O–H groups in total. The number of hydrogen-bond acceptors (Lipinski definition) is 2. The van der Waals surface area contributed by atoms with Gasteiger partial charge in [0.05, 0.1) is 0 Å². The molecule has 0 heterocycles. The summed E-state index contributed by atoms with van der Waals surface area (Å²) in [5.74, 6) is -0.625. The second-order valence-electron chi connectivity index (χ2n) is 2.43. The minimum absolute atomic E-state index is 0.398. The van der Waals surface area contributed by atoms with Crippen LogP contribution in [0.25, 0.3) is 0 Å². The van der Waals surface area contributed by atoms with Crippen molar-refractivity contribution in [2.75, 3.05) is 6.61 Å². The average molecular weight is 165 g/mol. The van der Waals surface area contributed by atoms with E-state index in [9.17, 15) is 9.90 Å². The molecule has 0 spiro atoms. The third-order valence-electron chi connectivity index (χ3n) is 1.44. The molecule has 1 aromatic rings. The monoisotopic (exact) mass is 165 g/mol. The largest absolute Gasteiger partial charge is 0.481 e. The summed E-state index contributed by atoms with van der Waals surface area (Å²) in [5.41, 5.74) is 0.916. The van der Waals surface area contributed by atoms with Crippen LogP contribution in [-0.2, 0) is 9.90 Å². The molecule has 63 valence electrons. The second-order valence-corrected chi connectivity index (χ2v) is 2.43. The first-order chi connectivity index (χ1) is 5.70. The fraction of sp³-hybridized carbons (Fsp3) is 0.222. The van der Waals surface area contributed by atoms with Gasteiger partial charge < -0.3 is 4.74 Å². The zero-order valence-corrected chi connectivity index (χ0v) is 6.74. The maximum Gasteiger partial charge on any atom is 0.392 e. The number of benzene rings is 1. The summed E-state index contributed by atoms with van der Waals surface area (Å²) in [6.45, 7) is 1.45. The molecule has 0 fully saturated rings. The van der Waals surface area contributed by atoms with E-state index in [1.165, 1.54) is 0 Å². The highest BCUT2D eigenvalue weighted by atomic mass is 16.5. The van der Waals surface area contributed by atoms with Crippen LogP contribution < -0.4 is 4.74 Å². The summed E-state index contributed by atoms with van der Waals surface area (Å²) >= 11 is 0. The Morgan fingerprint density at radius 2 is 2.08 bits per heavy atom. The fourth-order valence-corrected chi connectivity index (χ4v) is 0.855. The molecule has 0 amide bonds. The van der Waals surface area contributed by atoms with E-state index >= 15 is 0 Å². The predicted molar refractivity (Wildman–Crippen MR) is 42.4 cm³/mol. The van der Waals surface area contributed by atoms with Crippen molar-refractivity contribution in [1.29, 1.82) is 0 Å². The second kappa shape index (κ2) is 3.76. The van der Waals surface area contributed by atoms with Gasteiger partial charge >= 0.3 is 5.97 Å². The summed E-state index contributed by atoms with van der Waals surface area (Å²) in [7, 11) is 0. The molecule has 0 saturated heterocycles. The van der Waals surface area contributed by atoms with Crippen molar-refractivity contribution < 1.29 is 14.6 Å². The Morgan fingerprint density at radius 1 is 1.42 bits per heavy atom. The number of para-hydroxylation sites is 1. The van der Waals surface area contributed by atoms with Gasteiger partial charge in [-0.3, -0.25) is 0 Å². The number of aryl methyl sites for hydroxylation is 1. The van der Waals surface area contributed by atoms with Gasteiger partial charge in [0.15, 0.2) is 6.61 Å². The smallest absolute Gasteiger partial charge is 0.392 e. The lowest BCUT2D eigenvalue weighted by molar-refractivity contribution is -0.145. The van der Waals surface area contributed by atoms with Gasteiger partial charge in [0.25, 0.3) is 0 Å². The summed E-state index contributed by atoms with van der Waals surface area (Å²) < 4.78 is 4.94. The third kappa shape index (κ3) is 2.27. The Balaban J connectivity index is 2.63. The lowest BCUT2D eigenvalue weighted by atomic mass is 10.2. The van der Waals surface area contributed by atoms with Gasteiger partial charge in [0.1, 0.15) is 5.75 Å². The van der Waals surface area contributed by atoms with Gasteiger partial charge in [0, 0.05) is 0 Å². The summed E-state index contributed by atoms with van der Waals surface area (Å²) in [6, 6.07) is 7.22. The quantitative estimate of drug-likeness (QED) is 0.678. The van der Waals surface area contributed by atoms with Crippen molar-refractivity contribution in [2.24, 2.45) is 0 Å². The maximum atomic E-state index is 10.0. The van der Waals surface area contributed by atoms with Crippen LogP contribution in [-0.4, -0.2) is 12.6 Å². The number of rotatable bonds is 3. The maximum absolute atomic E-state index is 10.0. The SMILES string of the molecule is Cc1ccccc1OCC([O])=O. The molecule has 0 bridgehead atoms. The fourth-order valence-electron chi connectivity index (χ4n) is 0.855. The predicted octanol–water partition coefficient (Wildman–Crippen LogP) is 1.33. The van der Waals surface area contributed by atoms with E-state index in [1.54, 1.807) is 12.1 Å². The highest BCUT2D eigenvalue weighted by Crippen LogP contribution is 2.15. The standard InChI is InChI=1S/C9H9O3/c1-7-4-2-3-5-8(7)12-6-9(10)11/h2-5H,6H2,1H3.